The van der Waals surface area contributed by atoms with Gasteiger partial charge in [0, 0.05) is 26.2 Å². The topological polar surface area (TPSA) is 70.2 Å². The van der Waals surface area contributed by atoms with E-state index < -0.39 is 10.0 Å². The van der Waals surface area contributed by atoms with Gasteiger partial charge in [0.25, 0.3) is 5.91 Å². The average molecular weight is 338 g/mol. The highest BCUT2D eigenvalue weighted by Gasteiger charge is 2.37. The Hall–Kier alpha value is -1.44. The molecule has 0 radical (unpaired) electrons. The molecule has 126 valence electrons. The number of rotatable bonds is 4. The van der Waals surface area contributed by atoms with Gasteiger partial charge >= 0.3 is 0 Å². The Morgan fingerprint density at radius 2 is 1.70 bits per heavy atom. The predicted molar refractivity (Wildman–Crippen MR) is 85.6 cm³/mol. The van der Waals surface area contributed by atoms with Crippen molar-refractivity contribution in [3.05, 3.63) is 29.8 Å². The number of sulfonamides is 1. The summed E-state index contributed by atoms with van der Waals surface area (Å²) in [7, 11) is -3.49. The van der Waals surface area contributed by atoms with Crippen LogP contribution < -0.4 is 0 Å². The third-order valence-corrected chi connectivity index (χ3v) is 6.26. The zero-order valence-electron chi connectivity index (χ0n) is 13.4. The second-order valence-electron chi connectivity index (χ2n) is 6.28. The molecule has 1 amide bonds. The van der Waals surface area contributed by atoms with Crippen LogP contribution >= 0.6 is 0 Å². The minimum atomic E-state index is -3.49. The van der Waals surface area contributed by atoms with E-state index in [9.17, 15) is 13.2 Å². The zero-order chi connectivity index (χ0) is 16.6. The molecule has 2 heterocycles. The summed E-state index contributed by atoms with van der Waals surface area (Å²) in [5.74, 6) is 0.342. The fraction of sp³-hybridized carbons (Fsp3) is 0.562. The number of hydrogen-bond acceptors (Lipinski definition) is 4. The first-order valence-corrected chi connectivity index (χ1v) is 9.34. The van der Waals surface area contributed by atoms with Gasteiger partial charge in [0.1, 0.15) is 0 Å². The molecule has 7 heteroatoms. The lowest BCUT2D eigenvalue weighted by atomic mass is 10.0. The molecule has 1 aromatic rings. The van der Waals surface area contributed by atoms with Crippen LogP contribution in [-0.2, 0) is 19.6 Å². The van der Waals surface area contributed by atoms with Crippen molar-refractivity contribution < 1.29 is 17.9 Å². The molecule has 3 rings (SSSR count). The third-order valence-electron chi connectivity index (χ3n) is 4.34. The molecule has 0 bridgehead atoms. The van der Waals surface area contributed by atoms with Crippen LogP contribution in [0, 0.1) is 0 Å². The molecule has 2 fully saturated rings. The van der Waals surface area contributed by atoms with Crippen molar-refractivity contribution in [2.24, 2.45) is 0 Å². The van der Waals surface area contributed by atoms with Crippen LogP contribution in [0.1, 0.15) is 25.3 Å². The number of amides is 1. The van der Waals surface area contributed by atoms with Gasteiger partial charge in [-0.2, -0.15) is 4.31 Å². The molecule has 2 aliphatic rings. The fourth-order valence-corrected chi connectivity index (χ4v) is 4.14. The quantitative estimate of drug-likeness (QED) is 0.769. The molecular weight excluding hydrogens is 316 g/mol. The van der Waals surface area contributed by atoms with Crippen LogP contribution in [0.4, 0.5) is 0 Å². The lowest BCUT2D eigenvalue weighted by Crippen LogP contribution is -2.51. The minimum absolute atomic E-state index is 0.0247. The maximum absolute atomic E-state index is 12.7. The van der Waals surface area contributed by atoms with Crippen LogP contribution in [-0.4, -0.2) is 62.4 Å². The van der Waals surface area contributed by atoms with Gasteiger partial charge in [0.05, 0.1) is 11.5 Å². The smallest absolute Gasteiger partial charge is 0.254 e. The summed E-state index contributed by atoms with van der Waals surface area (Å²) in [5.41, 5.74) is 1.11. The van der Waals surface area contributed by atoms with E-state index in [0.717, 1.165) is 5.56 Å². The third kappa shape index (κ3) is 3.41. The molecule has 6 nitrogen and oxygen atoms in total. The fourth-order valence-electron chi connectivity index (χ4n) is 2.72. The van der Waals surface area contributed by atoms with Crippen molar-refractivity contribution in [2.45, 2.75) is 30.8 Å². The predicted octanol–water partition coefficient (Wildman–Crippen LogP) is 1.04. The number of benzene rings is 1. The van der Waals surface area contributed by atoms with Crippen LogP contribution in [0.3, 0.4) is 0 Å². The summed E-state index contributed by atoms with van der Waals surface area (Å²) in [6.45, 7) is 6.12. The Balaban J connectivity index is 1.67. The molecule has 1 aromatic carbocycles. The number of ether oxygens (including phenoxy) is 1. The molecule has 2 aliphatic heterocycles. The summed E-state index contributed by atoms with van der Waals surface area (Å²) in [5, 5.41) is 0. The maximum Gasteiger partial charge on any atom is 0.254 e. The van der Waals surface area contributed by atoms with Crippen molar-refractivity contribution in [2.75, 3.05) is 32.8 Å². The average Bonchev–Trinajstić information content (AvgIpc) is 3.39. The molecule has 1 unspecified atom stereocenters. The first-order valence-electron chi connectivity index (χ1n) is 7.90. The van der Waals surface area contributed by atoms with Crippen molar-refractivity contribution in [1.29, 1.82) is 0 Å². The van der Waals surface area contributed by atoms with Crippen molar-refractivity contribution >= 4 is 15.9 Å². The van der Waals surface area contributed by atoms with Crippen molar-refractivity contribution in [3.63, 3.8) is 0 Å². The zero-order valence-corrected chi connectivity index (χ0v) is 14.3. The SMILES string of the molecule is CC(C)c1ccc(S(=O)(=O)N2CCN(C(=O)C3CO3)CC2)cc1. The summed E-state index contributed by atoms with van der Waals surface area (Å²) in [6.07, 6.45) is -0.304. The Morgan fingerprint density at radius 1 is 1.13 bits per heavy atom. The van der Waals surface area contributed by atoms with Gasteiger partial charge in [-0.1, -0.05) is 26.0 Å². The van der Waals surface area contributed by atoms with Crippen molar-refractivity contribution in [3.8, 4) is 0 Å². The van der Waals surface area contributed by atoms with Gasteiger partial charge in [0.15, 0.2) is 6.10 Å². The summed E-state index contributed by atoms with van der Waals surface area (Å²) in [4.78, 5) is 13.9. The highest BCUT2D eigenvalue weighted by molar-refractivity contribution is 7.89. The molecule has 0 aromatic heterocycles. The van der Waals surface area contributed by atoms with Gasteiger partial charge in [-0.05, 0) is 23.6 Å². The number of carbonyl (C=O) groups excluding carboxylic acids is 1. The largest absolute Gasteiger partial charge is 0.363 e. The lowest BCUT2D eigenvalue weighted by molar-refractivity contribution is -0.133. The molecule has 0 spiro atoms. The highest BCUT2D eigenvalue weighted by atomic mass is 32.2. The van der Waals surface area contributed by atoms with E-state index in [4.69, 9.17) is 4.74 Å². The molecule has 0 saturated carbocycles. The molecule has 23 heavy (non-hydrogen) atoms. The lowest BCUT2D eigenvalue weighted by Gasteiger charge is -2.33. The highest BCUT2D eigenvalue weighted by Crippen LogP contribution is 2.22. The van der Waals surface area contributed by atoms with E-state index in [1.807, 2.05) is 12.1 Å². The molecule has 0 N–H and O–H groups in total. The van der Waals surface area contributed by atoms with E-state index in [0.29, 0.717) is 43.6 Å². The van der Waals surface area contributed by atoms with E-state index in [1.165, 1.54) is 4.31 Å². The monoisotopic (exact) mass is 338 g/mol. The van der Waals surface area contributed by atoms with E-state index in [2.05, 4.69) is 13.8 Å². The first kappa shape index (κ1) is 16.4. The number of epoxide rings is 1. The molecule has 2 saturated heterocycles. The van der Waals surface area contributed by atoms with Crippen LogP contribution in [0.25, 0.3) is 0 Å². The minimum Gasteiger partial charge on any atom is -0.363 e. The Labute approximate surface area is 137 Å². The standard InChI is InChI=1S/C16H22N2O4S/c1-12(2)13-3-5-14(6-4-13)23(20,21)18-9-7-17(8-10-18)16(19)15-11-22-15/h3-6,12,15H,7-11H2,1-2H3. The van der Waals surface area contributed by atoms with Crippen LogP contribution in [0.15, 0.2) is 29.2 Å². The Morgan fingerprint density at radius 3 is 2.17 bits per heavy atom. The second-order valence-corrected chi connectivity index (χ2v) is 8.21. The van der Waals surface area contributed by atoms with Gasteiger partial charge in [-0.3, -0.25) is 4.79 Å². The molecule has 1 atom stereocenters. The van der Waals surface area contributed by atoms with E-state index in [1.54, 1.807) is 17.0 Å². The second kappa shape index (κ2) is 6.22. The summed E-state index contributed by atoms with van der Waals surface area (Å²) in [6, 6.07) is 7.06. The van der Waals surface area contributed by atoms with Crippen LogP contribution in [0.2, 0.25) is 0 Å². The first-order chi connectivity index (χ1) is 10.9. The number of carbonyl (C=O) groups is 1. The Bertz CT molecular complexity index is 673. The number of piperazine rings is 1. The normalized spacial score (nSPS) is 22.4. The molecule has 0 aliphatic carbocycles. The van der Waals surface area contributed by atoms with E-state index >= 15 is 0 Å². The van der Waals surface area contributed by atoms with Gasteiger partial charge in [-0.25, -0.2) is 8.42 Å². The summed E-state index contributed by atoms with van der Waals surface area (Å²) < 4.78 is 31.8. The van der Waals surface area contributed by atoms with Gasteiger partial charge < -0.3 is 9.64 Å². The van der Waals surface area contributed by atoms with Gasteiger partial charge in [-0.15, -0.1) is 0 Å². The van der Waals surface area contributed by atoms with E-state index in [-0.39, 0.29) is 12.0 Å². The number of nitrogens with zero attached hydrogens (tertiary/aromatic N) is 2. The van der Waals surface area contributed by atoms with Gasteiger partial charge in [0.2, 0.25) is 10.0 Å². The van der Waals surface area contributed by atoms with Crippen LogP contribution in [0.5, 0.6) is 0 Å². The number of hydrogen-bond donors (Lipinski definition) is 0. The maximum atomic E-state index is 12.7. The van der Waals surface area contributed by atoms with Crippen molar-refractivity contribution in [1.82, 2.24) is 9.21 Å². The Kier molecular flexibility index (Phi) is 4.44. The summed E-state index contributed by atoms with van der Waals surface area (Å²) >= 11 is 0. The molecular formula is C16H22N2O4S.